The van der Waals surface area contributed by atoms with Gasteiger partial charge in [-0.25, -0.2) is 0 Å². The minimum absolute atomic E-state index is 0.0697. The molecule has 2 N–H and O–H groups in total. The van der Waals surface area contributed by atoms with Gasteiger partial charge >= 0.3 is 5.97 Å². The molecule has 0 aromatic carbocycles. The highest BCUT2D eigenvalue weighted by atomic mass is 16.5. The summed E-state index contributed by atoms with van der Waals surface area (Å²) in [4.78, 5) is 11.2. The van der Waals surface area contributed by atoms with Crippen LogP contribution in [-0.2, 0) is 9.53 Å². The van der Waals surface area contributed by atoms with E-state index in [1.54, 1.807) is 0 Å². The molecule has 0 saturated heterocycles. The van der Waals surface area contributed by atoms with Crippen molar-refractivity contribution >= 4 is 5.97 Å². The van der Waals surface area contributed by atoms with Crippen molar-refractivity contribution in [3.05, 3.63) is 23.5 Å². The van der Waals surface area contributed by atoms with Gasteiger partial charge in [0.2, 0.25) is 0 Å². The Morgan fingerprint density at radius 1 is 1.20 bits per heavy atom. The zero-order chi connectivity index (χ0) is 21.6. The zero-order valence-electron chi connectivity index (χ0n) is 19.1. The Labute approximate surface area is 181 Å². The summed E-state index contributed by atoms with van der Waals surface area (Å²) in [5, 5.41) is 20.7. The van der Waals surface area contributed by atoms with Crippen molar-refractivity contribution in [1.82, 2.24) is 0 Å². The van der Waals surface area contributed by atoms with Crippen LogP contribution in [-0.4, -0.2) is 28.4 Å². The topological polar surface area (TPSA) is 66.8 Å². The number of unbranched alkanes of at least 4 members (excludes halogenated alkanes) is 1. The molecule has 0 radical (unpaired) electrons. The molecule has 0 aromatic rings. The highest BCUT2D eigenvalue weighted by Gasteiger charge is 2.63. The maximum absolute atomic E-state index is 11.5. The number of fused-ring (bicyclic) bond motifs is 5. The summed E-state index contributed by atoms with van der Waals surface area (Å²) in [6, 6.07) is 0. The Hall–Kier alpha value is -1.29. The standard InChI is InChI=1S/C26H40O4/c1-4-5-16-30-19-8-12-24(2)18(17-19)6-7-20-21(24)9-13-25(3)22(20)10-14-26(25,29)15-11-23(27)28/h6,17,20-22,29H,4-5,7-16H2,1-3H3,(H,27,28)/t20-,21+,22+,24+,25+,26+/m1/s1. The number of aliphatic carboxylic acids is 1. The van der Waals surface area contributed by atoms with Crippen molar-refractivity contribution in [2.24, 2.45) is 28.6 Å². The van der Waals surface area contributed by atoms with E-state index in [0.29, 0.717) is 24.2 Å². The Morgan fingerprint density at radius 3 is 2.70 bits per heavy atom. The molecular weight excluding hydrogens is 376 g/mol. The molecule has 0 amide bonds. The minimum Gasteiger partial charge on any atom is -0.498 e. The lowest BCUT2D eigenvalue weighted by Crippen LogP contribution is -2.54. The number of hydrogen-bond donors (Lipinski definition) is 2. The van der Waals surface area contributed by atoms with Crippen LogP contribution in [0.25, 0.3) is 0 Å². The zero-order valence-corrected chi connectivity index (χ0v) is 19.1. The van der Waals surface area contributed by atoms with E-state index < -0.39 is 11.6 Å². The molecule has 0 aliphatic heterocycles. The van der Waals surface area contributed by atoms with Crippen molar-refractivity contribution < 1.29 is 19.7 Å². The molecule has 4 heteroatoms. The first kappa shape index (κ1) is 21.9. The number of ether oxygens (including phenoxy) is 1. The monoisotopic (exact) mass is 416 g/mol. The van der Waals surface area contributed by atoms with Crippen LogP contribution in [0.5, 0.6) is 0 Å². The van der Waals surface area contributed by atoms with Crippen molar-refractivity contribution in [2.45, 2.75) is 97.0 Å². The molecule has 2 fully saturated rings. The molecule has 4 aliphatic carbocycles. The van der Waals surface area contributed by atoms with Crippen LogP contribution in [0.2, 0.25) is 0 Å². The molecule has 0 spiro atoms. The van der Waals surface area contributed by atoms with Gasteiger partial charge in [-0.3, -0.25) is 4.79 Å². The second kappa shape index (κ2) is 8.00. The first-order valence-corrected chi connectivity index (χ1v) is 12.2. The van der Waals surface area contributed by atoms with Gasteiger partial charge in [0, 0.05) is 12.8 Å². The predicted molar refractivity (Wildman–Crippen MR) is 118 cm³/mol. The van der Waals surface area contributed by atoms with E-state index >= 15 is 0 Å². The molecule has 168 valence electrons. The summed E-state index contributed by atoms with van der Waals surface area (Å²) in [6.45, 7) is 7.74. The lowest BCUT2D eigenvalue weighted by molar-refractivity contribution is -0.145. The molecule has 0 heterocycles. The van der Waals surface area contributed by atoms with Gasteiger partial charge in [-0.1, -0.05) is 33.3 Å². The second-order valence-electron chi connectivity index (χ2n) is 10.9. The first-order chi connectivity index (χ1) is 14.2. The van der Waals surface area contributed by atoms with Crippen LogP contribution in [0, 0.1) is 28.6 Å². The Balaban J connectivity index is 1.54. The van der Waals surface area contributed by atoms with E-state index in [0.717, 1.165) is 70.2 Å². The number of carboxylic acids is 1. The molecule has 0 unspecified atom stereocenters. The average molecular weight is 417 g/mol. The Morgan fingerprint density at radius 2 is 1.97 bits per heavy atom. The van der Waals surface area contributed by atoms with E-state index in [2.05, 4.69) is 32.9 Å². The number of rotatable bonds is 7. The van der Waals surface area contributed by atoms with E-state index in [-0.39, 0.29) is 17.3 Å². The fourth-order valence-corrected chi connectivity index (χ4v) is 7.60. The normalized spacial score (nSPS) is 42.5. The average Bonchev–Trinajstić information content (AvgIpc) is 2.98. The van der Waals surface area contributed by atoms with Crippen molar-refractivity contribution in [3.63, 3.8) is 0 Å². The number of carboxylic acid groups (broad SMARTS) is 1. The van der Waals surface area contributed by atoms with Gasteiger partial charge in [0.05, 0.1) is 18.0 Å². The maximum Gasteiger partial charge on any atom is 0.303 e. The van der Waals surface area contributed by atoms with E-state index in [4.69, 9.17) is 4.74 Å². The number of aliphatic hydroxyl groups is 1. The molecular formula is C26H40O4. The lowest BCUT2D eigenvalue weighted by Gasteiger charge is -2.58. The van der Waals surface area contributed by atoms with Crippen molar-refractivity contribution in [2.75, 3.05) is 6.61 Å². The molecule has 4 nitrogen and oxygen atoms in total. The third kappa shape index (κ3) is 3.43. The van der Waals surface area contributed by atoms with Gasteiger partial charge in [0.1, 0.15) is 0 Å². The number of allylic oxidation sites excluding steroid dienone is 4. The summed E-state index contributed by atoms with van der Waals surface area (Å²) in [7, 11) is 0. The van der Waals surface area contributed by atoms with Gasteiger partial charge < -0.3 is 14.9 Å². The maximum atomic E-state index is 11.5. The van der Waals surface area contributed by atoms with Gasteiger partial charge in [-0.15, -0.1) is 0 Å². The van der Waals surface area contributed by atoms with E-state index in [1.807, 2.05) is 0 Å². The van der Waals surface area contributed by atoms with Gasteiger partial charge in [0.15, 0.2) is 0 Å². The van der Waals surface area contributed by atoms with Crippen LogP contribution in [0.15, 0.2) is 23.5 Å². The van der Waals surface area contributed by atoms with Crippen LogP contribution < -0.4 is 0 Å². The Kier molecular flexibility index (Phi) is 5.85. The molecule has 0 aromatic heterocycles. The first-order valence-electron chi connectivity index (χ1n) is 12.2. The van der Waals surface area contributed by atoms with E-state index in [1.165, 1.54) is 5.57 Å². The molecule has 2 saturated carbocycles. The fourth-order valence-electron chi connectivity index (χ4n) is 7.60. The summed E-state index contributed by atoms with van der Waals surface area (Å²) >= 11 is 0. The molecule has 4 rings (SSSR count). The molecule has 30 heavy (non-hydrogen) atoms. The van der Waals surface area contributed by atoms with E-state index in [9.17, 15) is 15.0 Å². The highest BCUT2D eigenvalue weighted by molar-refractivity contribution is 5.66. The summed E-state index contributed by atoms with van der Waals surface area (Å²) in [5.41, 5.74) is 0.719. The van der Waals surface area contributed by atoms with Crippen LogP contribution in [0.3, 0.4) is 0 Å². The van der Waals surface area contributed by atoms with Crippen LogP contribution in [0.4, 0.5) is 0 Å². The molecule has 6 atom stereocenters. The smallest absolute Gasteiger partial charge is 0.303 e. The van der Waals surface area contributed by atoms with Crippen LogP contribution in [0.1, 0.15) is 91.4 Å². The Bertz CT molecular complexity index is 739. The van der Waals surface area contributed by atoms with Gasteiger partial charge in [0.25, 0.3) is 0 Å². The quantitative estimate of drug-likeness (QED) is 0.511. The summed E-state index contributed by atoms with van der Waals surface area (Å²) in [6.07, 6.45) is 14.8. The lowest BCUT2D eigenvalue weighted by atomic mass is 9.47. The van der Waals surface area contributed by atoms with Crippen molar-refractivity contribution in [1.29, 1.82) is 0 Å². The molecule has 4 aliphatic rings. The summed E-state index contributed by atoms with van der Waals surface area (Å²) < 4.78 is 6.05. The van der Waals surface area contributed by atoms with Gasteiger partial charge in [-0.2, -0.15) is 0 Å². The third-order valence-electron chi connectivity index (χ3n) is 9.59. The fraction of sp³-hybridized carbons (Fsp3) is 0.808. The van der Waals surface area contributed by atoms with Crippen molar-refractivity contribution in [3.8, 4) is 0 Å². The minimum atomic E-state index is -0.821. The number of carbonyl (C=O) groups is 1. The summed E-state index contributed by atoms with van der Waals surface area (Å²) in [5.74, 6) is 2.12. The molecule has 0 bridgehead atoms. The highest BCUT2D eigenvalue weighted by Crippen LogP contribution is 2.67. The van der Waals surface area contributed by atoms with Gasteiger partial charge in [-0.05, 0) is 91.6 Å². The SMILES string of the molecule is CCCCOC1=CC2=CC[C@@H]3[C@H](CC[C@@]4(C)[C@H]3CC[C@]4(O)CCC(=O)O)[C@@]2(C)CC1. The third-order valence-corrected chi connectivity index (χ3v) is 9.59. The largest absolute Gasteiger partial charge is 0.498 e. The second-order valence-corrected chi connectivity index (χ2v) is 10.9. The predicted octanol–water partition coefficient (Wildman–Crippen LogP) is 5.86. The van der Waals surface area contributed by atoms with Crippen LogP contribution >= 0.6 is 0 Å². The number of hydrogen-bond acceptors (Lipinski definition) is 3.